The predicted molar refractivity (Wildman–Crippen MR) is 98.0 cm³/mol. The maximum Gasteiger partial charge on any atom is 0.265 e. The Hall–Kier alpha value is -2.31. The fraction of sp³-hybridized carbons (Fsp3) is 0.167. The molecule has 1 aromatic heterocycles. The Morgan fingerprint density at radius 2 is 1.88 bits per heavy atom. The minimum absolute atomic E-state index is 0.206. The van der Waals surface area contributed by atoms with Crippen LogP contribution in [0.25, 0.3) is 10.9 Å². The highest BCUT2D eigenvalue weighted by Crippen LogP contribution is 2.34. The second-order valence-electron chi connectivity index (χ2n) is 5.81. The van der Waals surface area contributed by atoms with Crippen molar-refractivity contribution in [2.24, 2.45) is 0 Å². The Labute approximate surface area is 150 Å². The molecule has 0 saturated carbocycles. The standard InChI is InChI=1S/C18H15ClN2O3S/c1-24-15-5-2-12-10-13-8-9-21(18(13)20-17(12)11-15)25(22,23)16-6-3-14(19)4-7-16/h2-7,10-11H,8-9H2,1H3. The van der Waals surface area contributed by atoms with Crippen molar-refractivity contribution in [1.29, 1.82) is 0 Å². The van der Waals surface area contributed by atoms with E-state index in [4.69, 9.17) is 16.3 Å². The Morgan fingerprint density at radius 3 is 2.60 bits per heavy atom. The van der Waals surface area contributed by atoms with E-state index in [1.165, 1.54) is 16.4 Å². The molecule has 2 heterocycles. The summed E-state index contributed by atoms with van der Waals surface area (Å²) in [5, 5.41) is 1.46. The van der Waals surface area contributed by atoms with Gasteiger partial charge in [0.15, 0.2) is 0 Å². The molecule has 7 heteroatoms. The second kappa shape index (κ2) is 5.89. The molecule has 0 bridgehead atoms. The number of hydrogen-bond donors (Lipinski definition) is 0. The van der Waals surface area contributed by atoms with Crippen molar-refractivity contribution in [2.45, 2.75) is 11.3 Å². The molecule has 0 aliphatic carbocycles. The molecule has 0 saturated heterocycles. The third-order valence-corrected chi connectivity index (χ3v) is 6.36. The number of halogens is 1. The first-order valence-electron chi connectivity index (χ1n) is 7.75. The normalized spacial score (nSPS) is 13.9. The molecule has 5 nitrogen and oxygen atoms in total. The zero-order valence-corrected chi connectivity index (χ0v) is 15.0. The van der Waals surface area contributed by atoms with Gasteiger partial charge in [-0.3, -0.25) is 0 Å². The van der Waals surface area contributed by atoms with Gasteiger partial charge in [-0.25, -0.2) is 17.7 Å². The number of benzene rings is 2. The minimum atomic E-state index is -3.67. The van der Waals surface area contributed by atoms with Crippen LogP contribution >= 0.6 is 11.6 Å². The predicted octanol–water partition coefficient (Wildman–Crippen LogP) is 3.65. The molecular weight excluding hydrogens is 360 g/mol. The lowest BCUT2D eigenvalue weighted by Gasteiger charge is -2.19. The third kappa shape index (κ3) is 2.71. The summed E-state index contributed by atoms with van der Waals surface area (Å²) in [6, 6.07) is 13.8. The maximum atomic E-state index is 13.0. The summed E-state index contributed by atoms with van der Waals surface area (Å²) in [4.78, 5) is 4.80. The van der Waals surface area contributed by atoms with Crippen molar-refractivity contribution in [1.82, 2.24) is 4.98 Å². The van der Waals surface area contributed by atoms with Gasteiger partial charge in [-0.2, -0.15) is 0 Å². The van der Waals surface area contributed by atoms with Crippen LogP contribution in [0.1, 0.15) is 5.56 Å². The highest BCUT2D eigenvalue weighted by atomic mass is 35.5. The molecule has 2 aromatic carbocycles. The molecule has 0 unspecified atom stereocenters. The van der Waals surface area contributed by atoms with Gasteiger partial charge in [0.05, 0.1) is 17.5 Å². The van der Waals surface area contributed by atoms with E-state index in [9.17, 15) is 8.42 Å². The number of ether oxygens (including phenoxy) is 1. The molecule has 0 spiro atoms. The van der Waals surface area contributed by atoms with Crippen LogP contribution in [0.15, 0.2) is 53.4 Å². The zero-order valence-electron chi connectivity index (χ0n) is 13.4. The van der Waals surface area contributed by atoms with E-state index in [2.05, 4.69) is 4.98 Å². The van der Waals surface area contributed by atoms with Gasteiger partial charge in [-0.05, 0) is 54.4 Å². The van der Waals surface area contributed by atoms with Crippen molar-refractivity contribution < 1.29 is 13.2 Å². The summed E-state index contributed by atoms with van der Waals surface area (Å²) in [5.74, 6) is 1.17. The van der Waals surface area contributed by atoms with Gasteiger partial charge in [0.1, 0.15) is 11.6 Å². The Morgan fingerprint density at radius 1 is 1.12 bits per heavy atom. The first kappa shape index (κ1) is 16.2. The van der Waals surface area contributed by atoms with Crippen LogP contribution in [0.5, 0.6) is 5.75 Å². The second-order valence-corrected chi connectivity index (χ2v) is 8.11. The van der Waals surface area contributed by atoms with Gasteiger partial charge in [-0.1, -0.05) is 11.6 Å². The number of sulfonamides is 1. The number of methoxy groups -OCH3 is 1. The molecule has 0 fully saturated rings. The summed E-state index contributed by atoms with van der Waals surface area (Å²) in [6.45, 7) is 0.376. The average Bonchev–Trinajstić information content (AvgIpc) is 3.03. The fourth-order valence-corrected chi connectivity index (χ4v) is 4.58. The summed E-state index contributed by atoms with van der Waals surface area (Å²) < 4.78 is 32.6. The summed E-state index contributed by atoms with van der Waals surface area (Å²) >= 11 is 5.86. The molecular formula is C18H15ClN2O3S. The molecule has 1 aliphatic heterocycles. The largest absolute Gasteiger partial charge is 0.497 e. The number of fused-ring (bicyclic) bond motifs is 2. The first-order valence-corrected chi connectivity index (χ1v) is 9.57. The lowest BCUT2D eigenvalue weighted by Crippen LogP contribution is -2.29. The van der Waals surface area contributed by atoms with E-state index in [-0.39, 0.29) is 4.90 Å². The summed E-state index contributed by atoms with van der Waals surface area (Å²) in [6.07, 6.45) is 0.636. The lowest BCUT2D eigenvalue weighted by molar-refractivity contribution is 0.415. The first-order chi connectivity index (χ1) is 12.0. The van der Waals surface area contributed by atoms with E-state index >= 15 is 0 Å². The number of aromatic nitrogens is 1. The summed E-state index contributed by atoms with van der Waals surface area (Å²) in [5.41, 5.74) is 1.63. The number of hydrogen-bond acceptors (Lipinski definition) is 4. The number of rotatable bonds is 3. The van der Waals surface area contributed by atoms with E-state index < -0.39 is 10.0 Å². The molecule has 0 atom stereocenters. The molecule has 0 N–H and O–H groups in total. The minimum Gasteiger partial charge on any atom is -0.497 e. The van der Waals surface area contributed by atoms with Gasteiger partial charge < -0.3 is 4.74 Å². The highest BCUT2D eigenvalue weighted by Gasteiger charge is 2.32. The topological polar surface area (TPSA) is 59.5 Å². The zero-order chi connectivity index (χ0) is 17.6. The van der Waals surface area contributed by atoms with Crippen LogP contribution in [-0.2, 0) is 16.4 Å². The quantitative estimate of drug-likeness (QED) is 0.702. The van der Waals surface area contributed by atoms with Crippen LogP contribution in [0.4, 0.5) is 5.82 Å². The van der Waals surface area contributed by atoms with Crippen molar-refractivity contribution in [3.05, 3.63) is 59.1 Å². The van der Waals surface area contributed by atoms with Crippen LogP contribution in [-0.4, -0.2) is 27.1 Å². The molecule has 0 amide bonds. The average molecular weight is 375 g/mol. The van der Waals surface area contributed by atoms with Crippen LogP contribution < -0.4 is 9.04 Å². The highest BCUT2D eigenvalue weighted by molar-refractivity contribution is 7.92. The number of nitrogens with zero attached hydrogens (tertiary/aromatic N) is 2. The van der Waals surface area contributed by atoms with Gasteiger partial charge >= 0.3 is 0 Å². The van der Waals surface area contributed by atoms with Crippen LogP contribution in [0.3, 0.4) is 0 Å². The summed E-state index contributed by atoms with van der Waals surface area (Å²) in [7, 11) is -2.08. The van der Waals surface area contributed by atoms with E-state index in [1.807, 2.05) is 18.2 Å². The Bertz CT molecular complexity index is 1070. The third-order valence-electron chi connectivity index (χ3n) is 4.30. The maximum absolute atomic E-state index is 13.0. The van der Waals surface area contributed by atoms with E-state index in [1.54, 1.807) is 25.3 Å². The molecule has 4 rings (SSSR count). The van der Waals surface area contributed by atoms with Crippen molar-refractivity contribution in [3.8, 4) is 5.75 Å². The molecule has 0 radical (unpaired) electrons. The smallest absolute Gasteiger partial charge is 0.265 e. The van der Waals surface area contributed by atoms with Crippen molar-refractivity contribution in [3.63, 3.8) is 0 Å². The Kier molecular flexibility index (Phi) is 3.81. The lowest BCUT2D eigenvalue weighted by atomic mass is 10.1. The van der Waals surface area contributed by atoms with Crippen molar-refractivity contribution >= 4 is 38.3 Å². The van der Waals surface area contributed by atoms with Gasteiger partial charge in [0, 0.05) is 23.0 Å². The van der Waals surface area contributed by atoms with E-state index in [0.29, 0.717) is 35.1 Å². The van der Waals surface area contributed by atoms with Crippen molar-refractivity contribution in [2.75, 3.05) is 18.0 Å². The number of pyridine rings is 1. The van der Waals surface area contributed by atoms with Gasteiger partial charge in [0.25, 0.3) is 10.0 Å². The molecule has 1 aliphatic rings. The SMILES string of the molecule is COc1ccc2cc3c(nc2c1)N(S(=O)(=O)c1ccc(Cl)cc1)CC3. The monoisotopic (exact) mass is 374 g/mol. The van der Waals surface area contributed by atoms with Gasteiger partial charge in [-0.15, -0.1) is 0 Å². The molecule has 3 aromatic rings. The van der Waals surface area contributed by atoms with Crippen LogP contribution in [0.2, 0.25) is 5.02 Å². The molecule has 128 valence electrons. The number of anilines is 1. The van der Waals surface area contributed by atoms with E-state index in [0.717, 1.165) is 10.9 Å². The Balaban J connectivity index is 1.82. The van der Waals surface area contributed by atoms with Gasteiger partial charge in [0.2, 0.25) is 0 Å². The molecule has 25 heavy (non-hydrogen) atoms. The fourth-order valence-electron chi connectivity index (χ4n) is 3.00. The van der Waals surface area contributed by atoms with Crippen LogP contribution in [0, 0.1) is 0 Å².